The number of aryl methyl sites for hydroxylation is 1. The molecule has 3 heterocycles. The summed E-state index contributed by atoms with van der Waals surface area (Å²) in [5.74, 6) is 1.21. The van der Waals surface area contributed by atoms with Gasteiger partial charge in [0.15, 0.2) is 0 Å². The first kappa shape index (κ1) is 18.9. The van der Waals surface area contributed by atoms with Crippen LogP contribution in [0.2, 0.25) is 0 Å². The van der Waals surface area contributed by atoms with E-state index in [9.17, 15) is 9.18 Å². The Labute approximate surface area is 164 Å². The van der Waals surface area contributed by atoms with Crippen molar-refractivity contribution in [1.29, 1.82) is 0 Å². The van der Waals surface area contributed by atoms with Crippen molar-refractivity contribution in [2.75, 3.05) is 19.7 Å². The lowest BCUT2D eigenvalue weighted by Crippen LogP contribution is -2.51. The smallest absolute Gasteiger partial charge is 0.242 e. The highest BCUT2D eigenvalue weighted by atomic mass is 19.1. The van der Waals surface area contributed by atoms with Gasteiger partial charge >= 0.3 is 0 Å². The fourth-order valence-corrected chi connectivity index (χ4v) is 4.25. The molecule has 2 aliphatic heterocycles. The molecule has 6 nitrogen and oxygen atoms in total. The van der Waals surface area contributed by atoms with Crippen LogP contribution in [-0.4, -0.2) is 51.8 Å². The summed E-state index contributed by atoms with van der Waals surface area (Å²) in [7, 11) is 0. The standard InChI is InChI=1S/C21H26FN3O3/c1-2-19-23-8-10-24(19)13-20(26)25-9-4-7-21(15-25)12-18(14-27-21)28-17-6-3-5-16(22)11-17/h3,5-6,8,10-11,18H,2,4,7,9,12-15H2,1H3/t18-,21-/m1/s1. The van der Waals surface area contributed by atoms with Crippen molar-refractivity contribution in [2.45, 2.75) is 50.9 Å². The number of carbonyl (C=O) groups excluding carboxylic acids is 1. The summed E-state index contributed by atoms with van der Waals surface area (Å²) in [6.07, 6.45) is 6.78. The number of amides is 1. The second-order valence-electron chi connectivity index (χ2n) is 7.64. The SMILES string of the molecule is CCc1nccn1CC(=O)N1CCC[C@@]2(C[C@@H](Oc3cccc(F)c3)CO2)C1. The van der Waals surface area contributed by atoms with Crippen molar-refractivity contribution < 1.29 is 18.7 Å². The highest BCUT2D eigenvalue weighted by Crippen LogP contribution is 2.36. The monoisotopic (exact) mass is 387 g/mol. The molecular formula is C21H26FN3O3. The van der Waals surface area contributed by atoms with Crippen molar-refractivity contribution in [3.05, 3.63) is 48.3 Å². The largest absolute Gasteiger partial charge is 0.488 e. The molecule has 0 saturated carbocycles. The van der Waals surface area contributed by atoms with Crippen molar-refractivity contribution in [3.63, 3.8) is 0 Å². The van der Waals surface area contributed by atoms with E-state index in [1.165, 1.54) is 12.1 Å². The summed E-state index contributed by atoms with van der Waals surface area (Å²) in [6, 6.07) is 6.17. The molecule has 7 heteroatoms. The zero-order valence-corrected chi connectivity index (χ0v) is 16.1. The topological polar surface area (TPSA) is 56.6 Å². The Balaban J connectivity index is 1.37. The maximum absolute atomic E-state index is 13.4. The van der Waals surface area contributed by atoms with Gasteiger partial charge < -0.3 is 18.9 Å². The van der Waals surface area contributed by atoms with E-state index in [2.05, 4.69) is 4.98 Å². The van der Waals surface area contributed by atoms with E-state index in [1.807, 2.05) is 22.6 Å². The number of aromatic nitrogens is 2. The Bertz CT molecular complexity index is 840. The lowest BCUT2D eigenvalue weighted by molar-refractivity contribution is -0.139. The second-order valence-corrected chi connectivity index (χ2v) is 7.64. The van der Waals surface area contributed by atoms with E-state index >= 15 is 0 Å². The number of imidazole rings is 1. The summed E-state index contributed by atoms with van der Waals surface area (Å²) in [5.41, 5.74) is -0.367. The first-order chi connectivity index (χ1) is 13.6. The van der Waals surface area contributed by atoms with Crippen LogP contribution in [0.1, 0.15) is 32.0 Å². The average Bonchev–Trinajstić information content (AvgIpc) is 3.28. The molecule has 1 aromatic carbocycles. The van der Waals surface area contributed by atoms with Crippen LogP contribution in [0, 0.1) is 5.82 Å². The number of rotatable bonds is 5. The number of piperidine rings is 1. The summed E-state index contributed by atoms with van der Waals surface area (Å²) < 4.78 is 27.3. The number of hydrogen-bond donors (Lipinski definition) is 0. The van der Waals surface area contributed by atoms with Gasteiger partial charge in [0.1, 0.15) is 30.0 Å². The zero-order chi connectivity index (χ0) is 19.6. The highest BCUT2D eigenvalue weighted by molar-refractivity contribution is 5.76. The molecule has 1 aromatic heterocycles. The fraction of sp³-hybridized carbons (Fsp3) is 0.524. The molecule has 1 spiro atoms. The van der Waals surface area contributed by atoms with Crippen LogP contribution in [0.15, 0.2) is 36.7 Å². The number of hydrogen-bond acceptors (Lipinski definition) is 4. The Morgan fingerprint density at radius 1 is 1.46 bits per heavy atom. The number of nitrogens with zero attached hydrogens (tertiary/aromatic N) is 3. The molecule has 1 amide bonds. The Morgan fingerprint density at radius 3 is 3.18 bits per heavy atom. The molecule has 2 fully saturated rings. The van der Waals surface area contributed by atoms with Crippen LogP contribution < -0.4 is 4.74 Å². The van der Waals surface area contributed by atoms with Crippen LogP contribution in [0.4, 0.5) is 4.39 Å². The van der Waals surface area contributed by atoms with Gasteiger partial charge in [-0.3, -0.25) is 4.79 Å². The minimum atomic E-state index is -0.367. The third kappa shape index (κ3) is 4.04. The van der Waals surface area contributed by atoms with E-state index in [-0.39, 0.29) is 23.4 Å². The normalized spacial score (nSPS) is 24.6. The zero-order valence-electron chi connectivity index (χ0n) is 16.1. The Kier molecular flexibility index (Phi) is 5.35. The van der Waals surface area contributed by atoms with Crippen molar-refractivity contribution in [3.8, 4) is 5.75 Å². The number of benzene rings is 1. The lowest BCUT2D eigenvalue weighted by atomic mass is 9.89. The van der Waals surface area contributed by atoms with Crippen LogP contribution >= 0.6 is 0 Å². The number of carbonyl (C=O) groups is 1. The van der Waals surface area contributed by atoms with Gasteiger partial charge in [-0.15, -0.1) is 0 Å². The molecule has 0 aliphatic carbocycles. The molecule has 4 rings (SSSR count). The Hall–Kier alpha value is -2.41. The molecule has 28 heavy (non-hydrogen) atoms. The van der Waals surface area contributed by atoms with Gasteiger partial charge in [0, 0.05) is 44.4 Å². The molecular weight excluding hydrogens is 361 g/mol. The van der Waals surface area contributed by atoms with Crippen LogP contribution in [0.5, 0.6) is 5.75 Å². The summed E-state index contributed by atoms with van der Waals surface area (Å²) >= 11 is 0. The number of halogens is 1. The molecule has 2 atom stereocenters. The van der Waals surface area contributed by atoms with Gasteiger partial charge in [0.05, 0.1) is 12.2 Å². The predicted molar refractivity (Wildman–Crippen MR) is 102 cm³/mol. The van der Waals surface area contributed by atoms with E-state index in [1.54, 1.807) is 18.3 Å². The molecule has 2 aromatic rings. The fourth-order valence-electron chi connectivity index (χ4n) is 4.25. The molecule has 0 N–H and O–H groups in total. The van der Waals surface area contributed by atoms with E-state index in [0.29, 0.717) is 31.9 Å². The second kappa shape index (κ2) is 7.91. The lowest BCUT2D eigenvalue weighted by Gasteiger charge is -2.39. The molecule has 0 unspecified atom stereocenters. The van der Waals surface area contributed by atoms with E-state index < -0.39 is 0 Å². The van der Waals surface area contributed by atoms with Gasteiger partial charge in [-0.1, -0.05) is 13.0 Å². The van der Waals surface area contributed by atoms with Crippen molar-refractivity contribution in [2.24, 2.45) is 0 Å². The van der Waals surface area contributed by atoms with Gasteiger partial charge in [0.2, 0.25) is 5.91 Å². The first-order valence-corrected chi connectivity index (χ1v) is 9.91. The van der Waals surface area contributed by atoms with Crippen LogP contribution in [-0.2, 0) is 22.5 Å². The van der Waals surface area contributed by atoms with Crippen molar-refractivity contribution in [1.82, 2.24) is 14.5 Å². The van der Waals surface area contributed by atoms with Gasteiger partial charge in [-0.25, -0.2) is 9.37 Å². The van der Waals surface area contributed by atoms with Crippen LogP contribution in [0.3, 0.4) is 0 Å². The average molecular weight is 387 g/mol. The molecule has 2 saturated heterocycles. The number of ether oxygens (including phenoxy) is 2. The van der Waals surface area contributed by atoms with E-state index in [4.69, 9.17) is 9.47 Å². The van der Waals surface area contributed by atoms with E-state index in [0.717, 1.165) is 31.6 Å². The quantitative estimate of drug-likeness (QED) is 0.792. The highest BCUT2D eigenvalue weighted by Gasteiger charge is 2.45. The van der Waals surface area contributed by atoms with Gasteiger partial charge in [-0.2, -0.15) is 0 Å². The third-order valence-corrected chi connectivity index (χ3v) is 5.59. The Morgan fingerprint density at radius 2 is 2.36 bits per heavy atom. The van der Waals surface area contributed by atoms with Crippen molar-refractivity contribution >= 4 is 5.91 Å². The molecule has 2 aliphatic rings. The molecule has 0 bridgehead atoms. The molecule has 0 radical (unpaired) electrons. The van der Waals surface area contributed by atoms with Gasteiger partial charge in [0.25, 0.3) is 0 Å². The summed E-state index contributed by atoms with van der Waals surface area (Å²) in [6.45, 7) is 4.12. The summed E-state index contributed by atoms with van der Waals surface area (Å²) in [4.78, 5) is 19.0. The summed E-state index contributed by atoms with van der Waals surface area (Å²) in [5, 5.41) is 0. The minimum absolute atomic E-state index is 0.0878. The van der Waals surface area contributed by atoms with Crippen LogP contribution in [0.25, 0.3) is 0 Å². The third-order valence-electron chi connectivity index (χ3n) is 5.59. The number of likely N-dealkylation sites (tertiary alicyclic amines) is 1. The molecule has 150 valence electrons. The minimum Gasteiger partial charge on any atom is -0.488 e. The first-order valence-electron chi connectivity index (χ1n) is 9.91. The van der Waals surface area contributed by atoms with Gasteiger partial charge in [-0.05, 0) is 25.0 Å². The maximum atomic E-state index is 13.4. The maximum Gasteiger partial charge on any atom is 0.242 e. The predicted octanol–water partition coefficient (Wildman–Crippen LogP) is 2.81.